The molecule has 6 amide bonds. The minimum Gasteiger partial charge on any atom is -0.458 e. The molecular weight excluding hydrogens is 1500 g/mol. The van der Waals surface area contributed by atoms with E-state index in [1.807, 2.05) is 41.5 Å². The van der Waals surface area contributed by atoms with Crippen LogP contribution in [0.2, 0.25) is 0 Å². The number of nitrogens with zero attached hydrogens (tertiary/aromatic N) is 7. The number of ether oxygens (including phenoxy) is 4. The normalized spacial score (nSPS) is 25.3. The van der Waals surface area contributed by atoms with Gasteiger partial charge in [0.25, 0.3) is 0 Å². The van der Waals surface area contributed by atoms with Crippen LogP contribution >= 0.6 is 0 Å². The van der Waals surface area contributed by atoms with Crippen LogP contribution in [0.3, 0.4) is 0 Å². The molecular formula is C84H136FN11O20. The summed E-state index contributed by atoms with van der Waals surface area (Å²) in [6.45, 7) is 28.6. The molecule has 0 saturated heterocycles. The monoisotopic (exact) mass is 1640 g/mol. The van der Waals surface area contributed by atoms with Gasteiger partial charge in [0.15, 0.2) is 48.2 Å². The first-order valence-corrected chi connectivity index (χ1v) is 40.6. The Balaban J connectivity index is 1.65. The first-order valence-electron chi connectivity index (χ1n) is 40.6. The quantitative estimate of drug-likeness (QED) is 0.0102. The van der Waals surface area contributed by atoms with Crippen LogP contribution in [0.1, 0.15) is 202 Å². The van der Waals surface area contributed by atoms with Crippen LogP contribution in [-0.4, -0.2) is 275 Å². The van der Waals surface area contributed by atoms with Crippen molar-refractivity contribution in [3.8, 4) is 0 Å². The van der Waals surface area contributed by atoms with Gasteiger partial charge in [-0.3, -0.25) is 82.9 Å². The molecule has 0 aliphatic heterocycles. The van der Waals surface area contributed by atoms with Crippen molar-refractivity contribution in [2.45, 2.75) is 278 Å². The summed E-state index contributed by atoms with van der Waals surface area (Å²) in [6.07, 6.45) is 3.53. The molecule has 116 heavy (non-hydrogen) atoms. The number of hydrogen-bond acceptors (Lipinski definition) is 25. The number of amides is 6. The number of hydrogen-bond donors (Lipinski definition) is 6. The summed E-state index contributed by atoms with van der Waals surface area (Å²) in [5, 5.41) is 33.0. The van der Waals surface area contributed by atoms with Crippen LogP contribution < -0.4 is 21.7 Å². The van der Waals surface area contributed by atoms with E-state index < -0.39 is 197 Å². The van der Waals surface area contributed by atoms with E-state index in [0.717, 1.165) is 9.80 Å². The number of rotatable bonds is 44. The Morgan fingerprint density at radius 1 is 0.776 bits per heavy atom. The van der Waals surface area contributed by atoms with Gasteiger partial charge < -0.3 is 64.7 Å². The Kier molecular flexibility index (Phi) is 36.0. The number of carbonyl (C=O) groups excluding carboxylic acids is 14. The number of likely N-dealkylation sites (N-methyl/N-ethyl adjacent to an activating group) is 6. The molecule has 0 bridgehead atoms. The molecule has 4 aliphatic rings. The van der Waals surface area contributed by atoms with Crippen molar-refractivity contribution >= 4 is 89.7 Å². The molecule has 0 aromatic carbocycles. The molecule has 4 rings (SSSR count). The lowest BCUT2D eigenvalue weighted by Crippen LogP contribution is -2.74. The molecule has 0 radical (unpaired) electrons. The average molecular weight is 1640 g/mol. The van der Waals surface area contributed by atoms with Crippen molar-refractivity contribution in [2.75, 3.05) is 69.3 Å². The zero-order chi connectivity index (χ0) is 88.6. The van der Waals surface area contributed by atoms with Crippen molar-refractivity contribution in [2.24, 2.45) is 68.9 Å². The Morgan fingerprint density at radius 3 is 1.90 bits per heavy atom. The van der Waals surface area contributed by atoms with E-state index in [-0.39, 0.29) is 93.8 Å². The highest BCUT2D eigenvalue weighted by Crippen LogP contribution is 2.71. The van der Waals surface area contributed by atoms with Crippen molar-refractivity contribution in [3.05, 3.63) is 36.0 Å². The molecule has 0 spiro atoms. The first-order chi connectivity index (χ1) is 53.8. The molecule has 31 nitrogen and oxygen atoms in total. The Morgan fingerprint density at radius 2 is 1.37 bits per heavy atom. The maximum Gasteiger partial charge on any atom is 0.511 e. The minimum absolute atomic E-state index is 0.0203. The highest BCUT2D eigenvalue weighted by molar-refractivity contribution is 6.01. The number of esters is 2. The third-order valence-electron chi connectivity index (χ3n) is 24.6. The van der Waals surface area contributed by atoms with Crippen LogP contribution in [0.5, 0.6) is 0 Å². The van der Waals surface area contributed by atoms with Crippen LogP contribution in [0, 0.1) is 58.2 Å². The van der Waals surface area contributed by atoms with E-state index in [0.29, 0.717) is 36.6 Å². The summed E-state index contributed by atoms with van der Waals surface area (Å²) < 4.78 is 39.4. The number of aliphatic hydroxyl groups is 2. The number of halogens is 1. The fourth-order valence-corrected chi connectivity index (χ4v) is 18.1. The predicted octanol–water partition coefficient (Wildman–Crippen LogP) is 5.97. The van der Waals surface area contributed by atoms with Gasteiger partial charge in [0.2, 0.25) is 48.0 Å². The molecule has 3 fully saturated rings. The summed E-state index contributed by atoms with van der Waals surface area (Å²) in [4.78, 5) is 209. The minimum atomic E-state index is -2.22. The summed E-state index contributed by atoms with van der Waals surface area (Å²) in [5.74, 6) is -11.8. The molecule has 18 atom stereocenters. The smallest absolute Gasteiger partial charge is 0.458 e. The average Bonchev–Trinajstić information content (AvgIpc) is 1.43. The molecule has 4 aliphatic carbocycles. The number of nitrogens with one attached hydrogen (secondary N) is 3. The second-order valence-electron chi connectivity index (χ2n) is 35.1. The summed E-state index contributed by atoms with van der Waals surface area (Å²) in [7, 11) is 9.99. The molecule has 0 heterocycles. The van der Waals surface area contributed by atoms with E-state index in [2.05, 4.69) is 20.9 Å². The summed E-state index contributed by atoms with van der Waals surface area (Å²) in [6, 6.07) is -8.11. The lowest BCUT2D eigenvalue weighted by molar-refractivity contribution is -0.220. The first kappa shape index (κ1) is 100. The van der Waals surface area contributed by atoms with Crippen LogP contribution in [0.4, 0.5) is 9.18 Å². The number of ketones is 2. The highest BCUT2D eigenvalue weighted by Gasteiger charge is 2.76. The van der Waals surface area contributed by atoms with Gasteiger partial charge in [-0.1, -0.05) is 114 Å². The van der Waals surface area contributed by atoms with Crippen LogP contribution in [0.15, 0.2) is 40.9 Å². The Bertz CT molecular complexity index is 3680. The van der Waals surface area contributed by atoms with Crippen molar-refractivity contribution in [1.29, 1.82) is 0 Å². The number of aliphatic hydroxyl groups excluding tert-OH is 1. The third kappa shape index (κ3) is 21.9. The number of allylic oxidation sites excluding steroid dienone is 6. The lowest BCUT2D eigenvalue weighted by Gasteiger charge is -2.62. The summed E-state index contributed by atoms with van der Waals surface area (Å²) in [5.41, 5.74) is -5.27. The van der Waals surface area contributed by atoms with Gasteiger partial charge in [-0.2, -0.15) is 0 Å². The van der Waals surface area contributed by atoms with E-state index >= 15 is 23.6 Å². The van der Waals surface area contributed by atoms with E-state index in [1.165, 1.54) is 94.0 Å². The Hall–Kier alpha value is -8.04. The molecule has 0 aromatic heterocycles. The fourth-order valence-electron chi connectivity index (χ4n) is 18.1. The van der Waals surface area contributed by atoms with Gasteiger partial charge in [-0.15, -0.1) is 0 Å². The van der Waals surface area contributed by atoms with Gasteiger partial charge in [0, 0.05) is 64.7 Å². The lowest BCUT2D eigenvalue weighted by atomic mass is 9.44. The number of Topliss-reactive ketones (excluding diaryl/α,β-unsaturated/α-hetero) is 1. The standard InChI is InChI=1S/C84H136FN11O20/c1-26-28-29-30-63(116-77(111)115-48-114-67(104)34-33-66(103)113-44-65(102)84(112)54(13)38-60-59-32-31-57-39-58(100)35-36-78(57,16)83(59,85)64(101)42-79(60,84)17)70(71(105)88-61(27-2)73(107)91(20)43-55(14)87-19)93(22)76(110)69(53(11)12)92(21)74(108)62(37-49(3)4)94(23)82(47-99,41-51(7)8)96(25)72(106)56(15)89-80(18,45-97)90-81(46-98,40-50(5)6)95(24)75(109)68(86)52(9)10/h26,28,35-36,39,45-47,49-54,56,59-64,68-70,89-90,101,112H,27,29-34,37-38,40-44,48,86H2,1-25H3,(H,88,105). The summed E-state index contributed by atoms with van der Waals surface area (Å²) >= 11 is 0. The molecule has 3 saturated carbocycles. The van der Waals surface area contributed by atoms with E-state index in [9.17, 15) is 58.2 Å². The number of aliphatic imine (C=N–C) groups is 1. The molecule has 0 aromatic rings. The van der Waals surface area contributed by atoms with Gasteiger partial charge in [-0.05, 0) is 159 Å². The third-order valence-corrected chi connectivity index (χ3v) is 24.6. The van der Waals surface area contributed by atoms with Crippen molar-refractivity contribution < 1.29 is 101 Å². The fraction of sp³-hybridized carbons (Fsp3) is 0.750. The second kappa shape index (κ2) is 41.6. The number of aldehydes is 3. The molecule has 7 N–H and O–H groups in total. The molecule has 32 heteroatoms. The van der Waals surface area contributed by atoms with Gasteiger partial charge >= 0.3 is 18.1 Å². The zero-order valence-electron chi connectivity index (χ0n) is 73.3. The zero-order valence-corrected chi connectivity index (χ0v) is 73.3. The number of fused-ring (bicyclic) bond motifs is 5. The highest BCUT2D eigenvalue weighted by atomic mass is 19.1. The van der Waals surface area contributed by atoms with Crippen LogP contribution in [0.25, 0.3) is 0 Å². The number of alkyl halides is 1. The van der Waals surface area contributed by atoms with Crippen molar-refractivity contribution in [3.63, 3.8) is 0 Å². The van der Waals surface area contributed by atoms with E-state index in [4.69, 9.17) is 24.7 Å². The Labute approximate surface area is 685 Å². The van der Waals surface area contributed by atoms with Gasteiger partial charge in [0.05, 0.1) is 43.6 Å². The maximum atomic E-state index is 17.8. The predicted molar refractivity (Wildman–Crippen MR) is 432 cm³/mol. The van der Waals surface area contributed by atoms with Crippen LogP contribution in [-0.2, 0) is 81.3 Å². The molecule has 18 unspecified atom stereocenters. The van der Waals surface area contributed by atoms with E-state index in [1.54, 1.807) is 88.4 Å². The number of carbonyl (C=O) groups is 14. The second-order valence-corrected chi connectivity index (χ2v) is 35.1. The van der Waals surface area contributed by atoms with Gasteiger partial charge in [0.1, 0.15) is 35.5 Å². The largest absolute Gasteiger partial charge is 0.511 e. The molecule has 654 valence electrons. The SMILES string of the molecule is CC=CCCC(OC(=O)OCOC(=O)CCC(=O)OCC(=O)C1(O)C(C)CC2C3CCC4=CC(=O)C=CC4(C)C3(F)C(O)CC21C)C(C(=O)NC(CC)C(=O)N(C)CC(C)=NC)N(C)C(=O)C(C(C)C)N(C)C(=O)C(CC(C)C)N(C)C(C=O)(CC(C)C)N(C)C(=O)C(C)NC(C)(C=O)NC(C=O)(CC(C)C)N(C)C(=O)C(N)C(C)C. The topological polar surface area (TPSA) is 410 Å². The van der Waals surface area contributed by atoms with Crippen molar-refractivity contribution in [1.82, 2.24) is 45.3 Å². The van der Waals surface area contributed by atoms with Gasteiger partial charge in [-0.25, -0.2) is 9.18 Å². The number of nitrogens with two attached hydrogens (primary N) is 1. The maximum absolute atomic E-state index is 17.8.